The van der Waals surface area contributed by atoms with E-state index in [1.54, 1.807) is 21.8 Å². The highest BCUT2D eigenvalue weighted by Crippen LogP contribution is 2.46. The molecule has 3 aliphatic rings. The zero-order chi connectivity index (χ0) is 29.3. The standard InChI is InChI=1S/C31H33ClFN7O2/c1-5-23(41)39-14-31(15-39)16-40(17-31)29-21-11-22(32)25(24-18(2)8-9-19-12-34-38(4)28(19)24)26(33)27(21)35-30(36-29)42-13-20-7-6-10-37(20)3/h5,8-9,11-12,20H,1,6-7,10,13-17H2,2-4H3/t20-/m0/s1. The fraction of sp³-hybridized carbons (Fsp3) is 0.419. The second-order valence-corrected chi connectivity index (χ2v) is 12.5. The highest BCUT2D eigenvalue weighted by Gasteiger charge is 2.53. The van der Waals surface area contributed by atoms with E-state index in [0.29, 0.717) is 55.1 Å². The fourth-order valence-electron chi connectivity index (χ4n) is 6.90. The van der Waals surface area contributed by atoms with E-state index in [1.165, 1.54) is 6.08 Å². The molecule has 2 aromatic heterocycles. The Morgan fingerprint density at radius 3 is 2.71 bits per heavy atom. The van der Waals surface area contributed by atoms with E-state index >= 15 is 4.39 Å². The van der Waals surface area contributed by atoms with Crippen LogP contribution >= 0.6 is 11.6 Å². The lowest BCUT2D eigenvalue weighted by Gasteiger charge is -2.60. The third kappa shape index (κ3) is 4.22. The summed E-state index contributed by atoms with van der Waals surface area (Å²) in [6, 6.07) is 6.12. The van der Waals surface area contributed by atoms with Gasteiger partial charge in [0.2, 0.25) is 5.91 Å². The summed E-state index contributed by atoms with van der Waals surface area (Å²) in [6.07, 6.45) is 5.27. The summed E-state index contributed by atoms with van der Waals surface area (Å²) >= 11 is 6.91. The zero-order valence-corrected chi connectivity index (χ0v) is 24.8. The van der Waals surface area contributed by atoms with Crippen molar-refractivity contribution in [2.75, 3.05) is 51.3 Å². The molecule has 3 saturated heterocycles. The molecule has 42 heavy (non-hydrogen) atoms. The van der Waals surface area contributed by atoms with Crippen LogP contribution in [0.4, 0.5) is 10.2 Å². The Kier molecular flexibility index (Phi) is 6.40. The number of fused-ring (bicyclic) bond motifs is 2. The van der Waals surface area contributed by atoms with Gasteiger partial charge in [-0.2, -0.15) is 15.1 Å². The van der Waals surface area contributed by atoms with E-state index < -0.39 is 5.82 Å². The molecule has 1 atom stereocenters. The molecule has 4 aromatic rings. The predicted octanol–water partition coefficient (Wildman–Crippen LogP) is 4.59. The first-order valence-electron chi connectivity index (χ1n) is 14.3. The van der Waals surface area contributed by atoms with Crippen LogP contribution in [-0.4, -0.2) is 87.9 Å². The van der Waals surface area contributed by atoms with Crippen molar-refractivity contribution in [2.45, 2.75) is 25.8 Å². The van der Waals surface area contributed by atoms with Crippen LogP contribution in [0.5, 0.6) is 6.01 Å². The van der Waals surface area contributed by atoms with Crippen molar-refractivity contribution in [1.29, 1.82) is 0 Å². The molecule has 11 heteroatoms. The van der Waals surface area contributed by atoms with Crippen molar-refractivity contribution in [3.63, 3.8) is 0 Å². The zero-order valence-electron chi connectivity index (χ0n) is 24.0. The molecule has 0 saturated carbocycles. The average molecular weight is 590 g/mol. The van der Waals surface area contributed by atoms with Crippen molar-refractivity contribution in [3.05, 3.63) is 53.5 Å². The summed E-state index contributed by atoms with van der Waals surface area (Å²) in [5.74, 6) is 0.0263. The SMILES string of the molecule is C=CC(=O)N1CC2(C1)CN(c1nc(OC[C@@H]3CCCN3C)nc3c(F)c(-c4c(C)ccc5cnn(C)c45)c(Cl)cc13)C2. The maximum absolute atomic E-state index is 16.8. The van der Waals surface area contributed by atoms with Crippen molar-refractivity contribution < 1.29 is 13.9 Å². The minimum absolute atomic E-state index is 0.00189. The van der Waals surface area contributed by atoms with Crippen LogP contribution < -0.4 is 9.64 Å². The number of anilines is 1. The lowest BCUT2D eigenvalue weighted by Crippen LogP contribution is -2.73. The molecule has 1 amide bonds. The topological polar surface area (TPSA) is 79.6 Å². The van der Waals surface area contributed by atoms with E-state index in [1.807, 2.05) is 26.1 Å². The van der Waals surface area contributed by atoms with Gasteiger partial charge in [-0.05, 0) is 51.1 Å². The first-order chi connectivity index (χ1) is 20.2. The molecule has 7 rings (SSSR count). The molecule has 0 bridgehead atoms. The van der Waals surface area contributed by atoms with Gasteiger partial charge >= 0.3 is 6.01 Å². The van der Waals surface area contributed by atoms with Crippen LogP contribution in [0.25, 0.3) is 32.9 Å². The third-order valence-corrected chi connectivity index (χ3v) is 9.47. The minimum atomic E-state index is -0.512. The number of likely N-dealkylation sites (tertiary alicyclic amines) is 2. The van der Waals surface area contributed by atoms with Gasteiger partial charge < -0.3 is 19.4 Å². The Morgan fingerprint density at radius 1 is 1.21 bits per heavy atom. The highest BCUT2D eigenvalue weighted by molar-refractivity contribution is 6.35. The van der Waals surface area contributed by atoms with Crippen molar-refractivity contribution in [2.24, 2.45) is 12.5 Å². The Labute approximate surface area is 248 Å². The maximum atomic E-state index is 16.8. The van der Waals surface area contributed by atoms with Crippen LogP contribution in [0.3, 0.4) is 0 Å². The lowest BCUT2D eigenvalue weighted by molar-refractivity contribution is -0.139. The number of likely N-dealkylation sites (N-methyl/N-ethyl adjacent to an activating group) is 1. The first-order valence-corrected chi connectivity index (χ1v) is 14.7. The fourth-order valence-corrected chi connectivity index (χ4v) is 7.19. The Balaban J connectivity index is 1.31. The second kappa shape index (κ2) is 9.91. The highest BCUT2D eigenvalue weighted by atomic mass is 35.5. The Morgan fingerprint density at radius 2 is 2.00 bits per heavy atom. The number of carbonyl (C=O) groups excluding carboxylic acids is 1. The predicted molar refractivity (Wildman–Crippen MR) is 162 cm³/mol. The van der Waals surface area contributed by atoms with Gasteiger partial charge in [0, 0.05) is 66.6 Å². The van der Waals surface area contributed by atoms with Gasteiger partial charge in [0.25, 0.3) is 0 Å². The molecule has 5 heterocycles. The number of nitrogens with zero attached hydrogens (tertiary/aromatic N) is 7. The van der Waals surface area contributed by atoms with Crippen molar-refractivity contribution in [1.82, 2.24) is 29.5 Å². The Bertz CT molecular complexity index is 1760. The second-order valence-electron chi connectivity index (χ2n) is 12.1. The molecular weight excluding hydrogens is 557 g/mol. The number of benzene rings is 2. The number of rotatable bonds is 6. The van der Waals surface area contributed by atoms with Crippen LogP contribution in [0, 0.1) is 18.2 Å². The van der Waals surface area contributed by atoms with Crippen LogP contribution in [0.2, 0.25) is 5.02 Å². The van der Waals surface area contributed by atoms with E-state index in [4.69, 9.17) is 21.3 Å². The largest absolute Gasteiger partial charge is 0.462 e. The number of ether oxygens (including phenoxy) is 1. The molecule has 0 aliphatic carbocycles. The third-order valence-electron chi connectivity index (χ3n) is 9.17. The van der Waals surface area contributed by atoms with Gasteiger partial charge in [-0.15, -0.1) is 0 Å². The first kappa shape index (κ1) is 27.1. The molecular formula is C31H33ClFN7O2. The molecule has 2 aromatic carbocycles. The van der Waals surface area contributed by atoms with Crippen LogP contribution in [-0.2, 0) is 11.8 Å². The summed E-state index contributed by atoms with van der Waals surface area (Å²) < 4.78 is 24.7. The van der Waals surface area contributed by atoms with E-state index in [9.17, 15) is 4.79 Å². The molecule has 0 radical (unpaired) electrons. The van der Waals surface area contributed by atoms with Crippen LogP contribution in [0.1, 0.15) is 18.4 Å². The summed E-state index contributed by atoms with van der Waals surface area (Å²) in [7, 11) is 3.93. The number of carbonyl (C=O) groups is 1. The smallest absolute Gasteiger partial charge is 0.319 e. The number of amides is 1. The molecule has 3 aliphatic heterocycles. The molecule has 0 N–H and O–H groups in total. The summed E-state index contributed by atoms with van der Waals surface area (Å²) in [5.41, 5.74) is 2.84. The normalized spacial score (nSPS) is 19.9. The Hall–Kier alpha value is -3.76. The van der Waals surface area contributed by atoms with Gasteiger partial charge in [0.1, 0.15) is 17.9 Å². The van der Waals surface area contributed by atoms with Crippen LogP contribution in [0.15, 0.2) is 37.1 Å². The van der Waals surface area contributed by atoms with Crippen molar-refractivity contribution >= 4 is 45.1 Å². The molecule has 218 valence electrons. The summed E-state index contributed by atoms with van der Waals surface area (Å²) in [5, 5.41) is 6.12. The quantitative estimate of drug-likeness (QED) is 0.304. The number of hydrogen-bond acceptors (Lipinski definition) is 7. The van der Waals surface area contributed by atoms with E-state index in [2.05, 4.69) is 33.5 Å². The van der Waals surface area contributed by atoms with Gasteiger partial charge in [0.05, 0.1) is 16.7 Å². The van der Waals surface area contributed by atoms with Gasteiger partial charge in [-0.3, -0.25) is 9.48 Å². The minimum Gasteiger partial charge on any atom is -0.462 e. The number of aryl methyl sites for hydroxylation is 2. The molecule has 9 nitrogen and oxygen atoms in total. The summed E-state index contributed by atoms with van der Waals surface area (Å²) in [4.78, 5) is 27.6. The maximum Gasteiger partial charge on any atom is 0.319 e. The monoisotopic (exact) mass is 589 g/mol. The molecule has 3 fully saturated rings. The summed E-state index contributed by atoms with van der Waals surface area (Å²) in [6.45, 7) is 9.71. The number of halogens is 2. The average Bonchev–Trinajstić information content (AvgIpc) is 3.51. The number of aromatic nitrogens is 4. The number of hydrogen-bond donors (Lipinski definition) is 0. The van der Waals surface area contributed by atoms with E-state index in [0.717, 1.165) is 35.9 Å². The lowest BCUT2D eigenvalue weighted by atomic mass is 9.72. The van der Waals surface area contributed by atoms with Crippen molar-refractivity contribution in [3.8, 4) is 17.1 Å². The van der Waals surface area contributed by atoms with Gasteiger partial charge in [0.15, 0.2) is 5.82 Å². The van der Waals surface area contributed by atoms with Gasteiger partial charge in [-0.25, -0.2) is 4.39 Å². The van der Waals surface area contributed by atoms with E-state index in [-0.39, 0.29) is 33.9 Å². The molecule has 1 spiro atoms. The van der Waals surface area contributed by atoms with Gasteiger partial charge in [-0.1, -0.05) is 30.3 Å². The molecule has 0 unspecified atom stereocenters.